The van der Waals surface area contributed by atoms with E-state index in [4.69, 9.17) is 9.97 Å². The summed E-state index contributed by atoms with van der Waals surface area (Å²) in [6.07, 6.45) is 10.8. The molecule has 3 aromatic heterocycles. The van der Waals surface area contributed by atoms with Gasteiger partial charge in [0.2, 0.25) is 0 Å². The molecule has 4 aromatic rings. The zero-order valence-corrected chi connectivity index (χ0v) is 17.9. The Balaban J connectivity index is 1.51. The third-order valence-electron chi connectivity index (χ3n) is 5.81. The van der Waals surface area contributed by atoms with Gasteiger partial charge in [0.1, 0.15) is 11.6 Å². The molecule has 1 aliphatic heterocycles. The minimum absolute atomic E-state index is 0.176. The number of piperidine rings is 1. The SMILES string of the molecule is c1ccc(Nc2cc(-c3ccncc3)nc([C@H]3CCCCN3Cc3ccncc3)n2)cc1. The van der Waals surface area contributed by atoms with Gasteiger partial charge in [0.15, 0.2) is 0 Å². The van der Waals surface area contributed by atoms with Crippen molar-refractivity contribution in [2.75, 3.05) is 11.9 Å². The van der Waals surface area contributed by atoms with Crippen molar-refractivity contribution in [2.45, 2.75) is 31.8 Å². The number of nitrogens with one attached hydrogen (secondary N) is 1. The van der Waals surface area contributed by atoms with Crippen LogP contribution in [0.2, 0.25) is 0 Å². The van der Waals surface area contributed by atoms with Crippen molar-refractivity contribution in [3.63, 3.8) is 0 Å². The predicted octanol–water partition coefficient (Wildman–Crippen LogP) is 5.40. The number of pyridine rings is 2. The van der Waals surface area contributed by atoms with Crippen molar-refractivity contribution in [2.24, 2.45) is 0 Å². The van der Waals surface area contributed by atoms with Gasteiger partial charge >= 0.3 is 0 Å². The molecule has 6 nitrogen and oxygen atoms in total. The van der Waals surface area contributed by atoms with Gasteiger partial charge in [-0.1, -0.05) is 24.6 Å². The fraction of sp³-hybridized carbons (Fsp3) is 0.231. The van der Waals surface area contributed by atoms with Gasteiger partial charge < -0.3 is 5.32 Å². The molecule has 1 aliphatic rings. The Morgan fingerprint density at radius 1 is 0.844 bits per heavy atom. The molecule has 0 radical (unpaired) electrons. The molecule has 32 heavy (non-hydrogen) atoms. The highest BCUT2D eigenvalue weighted by Crippen LogP contribution is 2.33. The largest absolute Gasteiger partial charge is 0.340 e. The zero-order chi connectivity index (χ0) is 21.6. The average molecular weight is 423 g/mol. The lowest BCUT2D eigenvalue weighted by atomic mass is 10.00. The number of para-hydroxylation sites is 1. The van der Waals surface area contributed by atoms with Gasteiger partial charge in [0.25, 0.3) is 0 Å². The first kappa shape index (κ1) is 20.3. The summed E-state index contributed by atoms with van der Waals surface area (Å²) >= 11 is 0. The van der Waals surface area contributed by atoms with Gasteiger partial charge in [0, 0.05) is 48.6 Å². The molecule has 0 spiro atoms. The Morgan fingerprint density at radius 2 is 1.59 bits per heavy atom. The molecule has 5 rings (SSSR count). The molecule has 1 fully saturated rings. The van der Waals surface area contributed by atoms with Crippen molar-refractivity contribution in [3.8, 4) is 11.3 Å². The third kappa shape index (κ3) is 4.81. The molecule has 4 heterocycles. The molecule has 0 aliphatic carbocycles. The fourth-order valence-electron chi connectivity index (χ4n) is 4.21. The maximum atomic E-state index is 5.03. The lowest BCUT2D eigenvalue weighted by Gasteiger charge is -2.35. The normalized spacial score (nSPS) is 16.6. The van der Waals surface area contributed by atoms with E-state index in [1.54, 1.807) is 12.4 Å². The number of benzene rings is 1. The second-order valence-corrected chi connectivity index (χ2v) is 8.06. The fourth-order valence-corrected chi connectivity index (χ4v) is 4.21. The first-order chi connectivity index (χ1) is 15.8. The van der Waals surface area contributed by atoms with E-state index in [0.29, 0.717) is 0 Å². The number of rotatable bonds is 6. The molecule has 6 heteroatoms. The maximum absolute atomic E-state index is 5.03. The molecule has 0 saturated carbocycles. The highest BCUT2D eigenvalue weighted by atomic mass is 15.2. The van der Waals surface area contributed by atoms with Crippen LogP contribution in [0.4, 0.5) is 11.5 Å². The van der Waals surface area contributed by atoms with Crippen LogP contribution >= 0.6 is 0 Å². The Morgan fingerprint density at radius 3 is 2.38 bits per heavy atom. The van der Waals surface area contributed by atoms with E-state index in [9.17, 15) is 0 Å². The quantitative estimate of drug-likeness (QED) is 0.448. The Bertz CT molecular complexity index is 1130. The summed E-state index contributed by atoms with van der Waals surface area (Å²) in [4.78, 5) is 20.8. The van der Waals surface area contributed by atoms with E-state index in [0.717, 1.165) is 48.1 Å². The van der Waals surface area contributed by atoms with Crippen LogP contribution in [0.5, 0.6) is 0 Å². The molecule has 0 amide bonds. The summed E-state index contributed by atoms with van der Waals surface area (Å²) in [5.41, 5.74) is 4.22. The smallest absolute Gasteiger partial charge is 0.148 e. The van der Waals surface area contributed by atoms with Gasteiger partial charge in [-0.05, 0) is 61.3 Å². The van der Waals surface area contributed by atoms with Crippen LogP contribution in [-0.4, -0.2) is 31.4 Å². The first-order valence-corrected chi connectivity index (χ1v) is 11.1. The minimum Gasteiger partial charge on any atom is -0.340 e. The van der Waals surface area contributed by atoms with Crippen LogP contribution in [-0.2, 0) is 6.54 Å². The molecular weight excluding hydrogens is 396 g/mol. The molecule has 160 valence electrons. The van der Waals surface area contributed by atoms with Crippen molar-refractivity contribution in [1.82, 2.24) is 24.8 Å². The van der Waals surface area contributed by atoms with Crippen LogP contribution in [0.3, 0.4) is 0 Å². The lowest BCUT2D eigenvalue weighted by molar-refractivity contribution is 0.134. The number of aromatic nitrogens is 4. The summed E-state index contributed by atoms with van der Waals surface area (Å²) < 4.78 is 0. The predicted molar refractivity (Wildman–Crippen MR) is 126 cm³/mol. The van der Waals surface area contributed by atoms with E-state index in [-0.39, 0.29) is 6.04 Å². The number of hydrogen-bond donors (Lipinski definition) is 1. The molecule has 1 saturated heterocycles. The number of anilines is 2. The van der Waals surface area contributed by atoms with Crippen LogP contribution in [0, 0.1) is 0 Å². The highest BCUT2D eigenvalue weighted by molar-refractivity contribution is 5.65. The second kappa shape index (κ2) is 9.66. The van der Waals surface area contributed by atoms with E-state index in [1.807, 2.05) is 60.9 Å². The molecule has 1 atom stereocenters. The Kier molecular flexibility index (Phi) is 6.12. The molecule has 0 unspecified atom stereocenters. The van der Waals surface area contributed by atoms with Gasteiger partial charge in [0.05, 0.1) is 11.7 Å². The highest BCUT2D eigenvalue weighted by Gasteiger charge is 2.27. The van der Waals surface area contributed by atoms with Gasteiger partial charge in [-0.15, -0.1) is 0 Å². The Hall–Kier alpha value is -3.64. The first-order valence-electron chi connectivity index (χ1n) is 11.1. The minimum atomic E-state index is 0.176. The molecule has 1 N–H and O–H groups in total. The summed E-state index contributed by atoms with van der Waals surface area (Å²) in [6.45, 7) is 1.91. The molecule has 0 bridgehead atoms. The summed E-state index contributed by atoms with van der Waals surface area (Å²) in [7, 11) is 0. The monoisotopic (exact) mass is 422 g/mol. The molecular formula is C26H26N6. The van der Waals surface area contributed by atoms with E-state index in [2.05, 4.69) is 32.3 Å². The zero-order valence-electron chi connectivity index (χ0n) is 17.9. The Labute approximate surface area is 188 Å². The second-order valence-electron chi connectivity index (χ2n) is 8.06. The summed E-state index contributed by atoms with van der Waals surface area (Å²) in [5.74, 6) is 1.67. The van der Waals surface area contributed by atoms with Gasteiger partial charge in [-0.3, -0.25) is 14.9 Å². The maximum Gasteiger partial charge on any atom is 0.148 e. The van der Waals surface area contributed by atoms with Crippen molar-refractivity contribution in [1.29, 1.82) is 0 Å². The van der Waals surface area contributed by atoms with Crippen LogP contribution in [0.1, 0.15) is 36.7 Å². The standard InChI is InChI=1S/C26H26N6/c1-2-6-22(7-3-1)29-25-18-23(21-11-15-28-16-12-21)30-26(31-25)24-8-4-5-17-32(24)19-20-9-13-27-14-10-20/h1-3,6-7,9-16,18,24H,4-5,8,17,19H2,(H,29,30,31)/t24-/m1/s1. The number of likely N-dealkylation sites (tertiary alicyclic amines) is 1. The van der Waals surface area contributed by atoms with Crippen LogP contribution < -0.4 is 5.32 Å². The van der Waals surface area contributed by atoms with Crippen molar-refractivity contribution >= 4 is 11.5 Å². The third-order valence-corrected chi connectivity index (χ3v) is 5.81. The van der Waals surface area contributed by atoms with Crippen LogP contribution in [0.25, 0.3) is 11.3 Å². The summed E-state index contributed by atoms with van der Waals surface area (Å²) in [5, 5.41) is 3.46. The van der Waals surface area contributed by atoms with Gasteiger partial charge in [-0.2, -0.15) is 0 Å². The number of hydrogen-bond acceptors (Lipinski definition) is 6. The van der Waals surface area contributed by atoms with E-state index in [1.165, 1.54) is 18.4 Å². The number of nitrogens with zero attached hydrogens (tertiary/aromatic N) is 5. The topological polar surface area (TPSA) is 66.8 Å². The van der Waals surface area contributed by atoms with E-state index < -0.39 is 0 Å². The average Bonchev–Trinajstić information content (AvgIpc) is 2.86. The van der Waals surface area contributed by atoms with Gasteiger partial charge in [-0.25, -0.2) is 9.97 Å². The lowest BCUT2D eigenvalue weighted by Crippen LogP contribution is -2.34. The van der Waals surface area contributed by atoms with E-state index >= 15 is 0 Å². The van der Waals surface area contributed by atoms with Crippen molar-refractivity contribution in [3.05, 3.63) is 96.8 Å². The van der Waals surface area contributed by atoms with Crippen LogP contribution in [0.15, 0.2) is 85.5 Å². The van der Waals surface area contributed by atoms with Crippen molar-refractivity contribution < 1.29 is 0 Å². The summed E-state index contributed by atoms with van der Waals surface area (Å²) in [6, 6.07) is 20.5. The molecule has 1 aromatic carbocycles.